The molecule has 0 saturated heterocycles. The molecule has 0 spiro atoms. The average Bonchev–Trinajstić information content (AvgIpc) is 3.31. The molecular weight excluding hydrogens is 540 g/mol. The highest BCUT2D eigenvalue weighted by Gasteiger charge is 2.34. The van der Waals surface area contributed by atoms with Crippen LogP contribution in [0.1, 0.15) is 53.6 Å². The van der Waals surface area contributed by atoms with Crippen molar-refractivity contribution >= 4 is 11.8 Å². The third-order valence-corrected chi connectivity index (χ3v) is 5.06. The normalized spacial score (nSPS) is 12.7. The summed E-state index contributed by atoms with van der Waals surface area (Å²) in [6.07, 6.45) is -8.05. The van der Waals surface area contributed by atoms with Gasteiger partial charge < -0.3 is 19.7 Å². The van der Waals surface area contributed by atoms with E-state index in [1.165, 1.54) is 28.8 Å². The van der Waals surface area contributed by atoms with Crippen molar-refractivity contribution in [2.45, 2.75) is 45.6 Å². The number of benzene rings is 1. The minimum atomic E-state index is -5.24. The summed E-state index contributed by atoms with van der Waals surface area (Å²) < 4.78 is 84.5. The van der Waals surface area contributed by atoms with Gasteiger partial charge in [0.05, 0.1) is 6.04 Å². The zero-order chi connectivity index (χ0) is 29.1. The minimum Gasteiger partial charge on any atom is -0.406 e. The molecule has 2 aromatic heterocycles. The summed E-state index contributed by atoms with van der Waals surface area (Å²) >= 11 is 0. The molecule has 1 N–H and O–H groups in total. The lowest BCUT2D eigenvalue weighted by Gasteiger charge is -2.20. The van der Waals surface area contributed by atoms with Crippen LogP contribution in [0.5, 0.6) is 11.5 Å². The summed E-state index contributed by atoms with van der Waals surface area (Å²) in [7, 11) is 1.57. The second-order valence-electron chi connectivity index (χ2n) is 8.26. The second kappa shape index (κ2) is 11.1. The van der Waals surface area contributed by atoms with Crippen molar-refractivity contribution in [1.82, 2.24) is 34.9 Å². The number of amides is 2. The molecule has 1 aromatic carbocycles. The molecule has 11 nitrogen and oxygen atoms in total. The number of ether oxygens (including phenoxy) is 2. The highest BCUT2D eigenvalue weighted by Crippen LogP contribution is 2.31. The molecule has 0 radical (unpaired) electrons. The van der Waals surface area contributed by atoms with Gasteiger partial charge in [0.25, 0.3) is 11.8 Å². The predicted molar refractivity (Wildman–Crippen MR) is 120 cm³/mol. The summed E-state index contributed by atoms with van der Waals surface area (Å²) in [5.41, 5.74) is -0.624. The molecule has 0 aliphatic carbocycles. The average molecular weight is 561 g/mol. The van der Waals surface area contributed by atoms with E-state index in [-0.39, 0.29) is 23.5 Å². The molecule has 0 unspecified atom stereocenters. The van der Waals surface area contributed by atoms with Crippen molar-refractivity contribution in [2.24, 2.45) is 0 Å². The Kier molecular flexibility index (Phi) is 8.30. The van der Waals surface area contributed by atoms with E-state index >= 15 is 0 Å². The van der Waals surface area contributed by atoms with E-state index in [4.69, 9.17) is 0 Å². The third kappa shape index (κ3) is 7.78. The van der Waals surface area contributed by atoms with Gasteiger partial charge in [-0.2, -0.15) is 9.78 Å². The molecule has 0 aliphatic heterocycles. The fraction of sp³-hybridized carbons (Fsp3) is 0.364. The van der Waals surface area contributed by atoms with E-state index in [1.807, 2.05) is 0 Å². The van der Waals surface area contributed by atoms with Gasteiger partial charge >= 0.3 is 12.7 Å². The number of hydrogen-bond acceptors (Lipinski definition) is 8. The molecule has 1 atom stereocenters. The maximum Gasteiger partial charge on any atom is 0.573 e. The third-order valence-electron chi connectivity index (χ3n) is 5.06. The summed E-state index contributed by atoms with van der Waals surface area (Å²) in [4.78, 5) is 39.0. The van der Waals surface area contributed by atoms with E-state index in [9.17, 15) is 35.9 Å². The van der Waals surface area contributed by atoms with Crippen LogP contribution in [0.4, 0.5) is 26.3 Å². The van der Waals surface area contributed by atoms with Crippen LogP contribution in [0.25, 0.3) is 5.82 Å². The van der Waals surface area contributed by atoms with Crippen LogP contribution in [-0.4, -0.2) is 67.3 Å². The number of carbonyl (C=O) groups is 2. The fourth-order valence-electron chi connectivity index (χ4n) is 3.12. The van der Waals surface area contributed by atoms with Crippen LogP contribution in [-0.2, 0) is 0 Å². The number of alkyl halides is 6. The molecule has 0 bridgehead atoms. The van der Waals surface area contributed by atoms with Crippen LogP contribution < -0.4 is 14.8 Å². The van der Waals surface area contributed by atoms with Gasteiger partial charge in [0, 0.05) is 37.0 Å². The molecule has 2 amide bonds. The van der Waals surface area contributed by atoms with E-state index in [1.54, 1.807) is 20.9 Å². The van der Waals surface area contributed by atoms with Gasteiger partial charge in [-0.25, -0.2) is 15.0 Å². The maximum atomic E-state index is 12.8. The van der Waals surface area contributed by atoms with Gasteiger partial charge in [-0.05, 0) is 32.9 Å². The summed E-state index contributed by atoms with van der Waals surface area (Å²) in [5, 5.41) is 6.43. The first-order chi connectivity index (χ1) is 18.0. The number of aromatic nitrogens is 5. The van der Waals surface area contributed by atoms with Gasteiger partial charge in [-0.1, -0.05) is 0 Å². The molecule has 2 heterocycles. The zero-order valence-electron chi connectivity index (χ0n) is 20.7. The number of halogens is 6. The summed E-state index contributed by atoms with van der Waals surface area (Å²) in [6.45, 7) is 5.02. The number of rotatable bonds is 8. The van der Waals surface area contributed by atoms with Gasteiger partial charge in [0.15, 0.2) is 11.6 Å². The summed E-state index contributed by atoms with van der Waals surface area (Å²) in [6, 6.07) is 1.81. The molecular formula is C22H21F6N7O4. The minimum absolute atomic E-state index is 0.0760. The van der Waals surface area contributed by atoms with Crippen LogP contribution in [0.15, 0.2) is 36.8 Å². The van der Waals surface area contributed by atoms with Gasteiger partial charge in [-0.3, -0.25) is 9.59 Å². The van der Waals surface area contributed by atoms with Crippen LogP contribution in [0.2, 0.25) is 0 Å². The van der Waals surface area contributed by atoms with E-state index in [0.29, 0.717) is 18.2 Å². The van der Waals surface area contributed by atoms with Crippen molar-refractivity contribution in [2.75, 3.05) is 7.05 Å². The SMILES string of the molecule is CC(C)N(C)C(=O)c1nccc(-n2ncnc2[C@H](C)NC(=O)c2cc(OC(F)(F)F)cc(OC(F)(F)F)c2)n1. The van der Waals surface area contributed by atoms with Crippen molar-refractivity contribution in [3.63, 3.8) is 0 Å². The first kappa shape index (κ1) is 29.1. The number of hydrogen-bond donors (Lipinski definition) is 1. The fourth-order valence-corrected chi connectivity index (χ4v) is 3.12. The lowest BCUT2D eigenvalue weighted by atomic mass is 10.1. The van der Waals surface area contributed by atoms with Crippen LogP contribution in [0.3, 0.4) is 0 Å². The highest BCUT2D eigenvalue weighted by atomic mass is 19.4. The highest BCUT2D eigenvalue weighted by molar-refractivity contribution is 5.95. The topological polar surface area (TPSA) is 124 Å². The molecule has 0 saturated carbocycles. The lowest BCUT2D eigenvalue weighted by molar-refractivity contribution is -0.276. The Morgan fingerprint density at radius 3 is 2.10 bits per heavy atom. The maximum absolute atomic E-state index is 12.8. The van der Waals surface area contributed by atoms with Gasteiger partial charge in [-0.15, -0.1) is 26.3 Å². The second-order valence-corrected chi connectivity index (χ2v) is 8.26. The van der Waals surface area contributed by atoms with Gasteiger partial charge in [0.1, 0.15) is 17.8 Å². The summed E-state index contributed by atoms with van der Waals surface area (Å²) in [5.74, 6) is -3.70. The standard InChI is InChI=1S/C22H21F6N7O4/c1-11(2)34(4)20(37)17-29-6-5-16(33-17)35-18(30-10-31-35)12(3)32-19(36)13-7-14(38-21(23,24)25)9-15(8-13)39-22(26,27)28/h5-12H,1-4H3,(H,32,36)/t12-/m0/s1. The Hall–Kier alpha value is -4.44. The monoisotopic (exact) mass is 561 g/mol. The van der Waals surface area contributed by atoms with E-state index in [0.717, 1.165) is 6.33 Å². The molecule has 0 fully saturated rings. The molecule has 3 aromatic rings. The Balaban J connectivity index is 1.87. The quantitative estimate of drug-likeness (QED) is 0.412. The number of nitrogens with zero attached hydrogens (tertiary/aromatic N) is 6. The van der Waals surface area contributed by atoms with Crippen molar-refractivity contribution in [3.05, 3.63) is 54.0 Å². The molecule has 0 aliphatic rings. The molecule has 210 valence electrons. The molecule has 17 heteroatoms. The lowest BCUT2D eigenvalue weighted by Crippen LogP contribution is -2.34. The van der Waals surface area contributed by atoms with Crippen molar-refractivity contribution in [1.29, 1.82) is 0 Å². The van der Waals surface area contributed by atoms with Crippen LogP contribution >= 0.6 is 0 Å². The molecule has 39 heavy (non-hydrogen) atoms. The predicted octanol–water partition coefficient (Wildman–Crippen LogP) is 3.83. The Morgan fingerprint density at radius 1 is 0.974 bits per heavy atom. The van der Waals surface area contributed by atoms with E-state index < -0.39 is 47.6 Å². The van der Waals surface area contributed by atoms with Crippen molar-refractivity contribution < 1.29 is 45.4 Å². The first-order valence-electron chi connectivity index (χ1n) is 11.0. The zero-order valence-corrected chi connectivity index (χ0v) is 20.7. The Labute approximate surface area is 216 Å². The first-order valence-corrected chi connectivity index (χ1v) is 11.0. The largest absolute Gasteiger partial charge is 0.573 e. The van der Waals surface area contributed by atoms with Crippen molar-refractivity contribution in [3.8, 4) is 17.3 Å². The Morgan fingerprint density at radius 2 is 1.56 bits per heavy atom. The number of carbonyl (C=O) groups excluding carboxylic acids is 2. The van der Waals surface area contributed by atoms with Gasteiger partial charge in [0.2, 0.25) is 5.82 Å². The number of nitrogens with one attached hydrogen (secondary N) is 1. The molecule has 3 rings (SSSR count). The van der Waals surface area contributed by atoms with Crippen LogP contribution in [0, 0.1) is 0 Å². The van der Waals surface area contributed by atoms with E-state index in [2.05, 4.69) is 34.8 Å². The smallest absolute Gasteiger partial charge is 0.406 e. The Bertz CT molecular complexity index is 1310.